The highest BCUT2D eigenvalue weighted by Crippen LogP contribution is 2.38. The van der Waals surface area contributed by atoms with Crippen molar-refractivity contribution in [2.45, 2.75) is 71.1 Å². The third-order valence-corrected chi connectivity index (χ3v) is 6.30. The number of rotatable bonds is 10. The zero-order valence-corrected chi connectivity index (χ0v) is 22.4. The predicted octanol–water partition coefficient (Wildman–Crippen LogP) is 4.99. The van der Waals surface area contributed by atoms with Crippen LogP contribution < -0.4 is 10.1 Å². The smallest absolute Gasteiger partial charge is 0.408 e. The highest BCUT2D eigenvalue weighted by Gasteiger charge is 2.50. The number of aryl methyl sites for hydroxylation is 1. The molecular formula is C29H40N2O5. The van der Waals surface area contributed by atoms with Crippen molar-refractivity contribution in [1.29, 1.82) is 0 Å². The minimum atomic E-state index is -0.953. The Balaban J connectivity index is 1.79. The van der Waals surface area contributed by atoms with Crippen molar-refractivity contribution < 1.29 is 23.8 Å². The molecule has 1 heterocycles. The molecule has 196 valence electrons. The third-order valence-electron chi connectivity index (χ3n) is 6.30. The van der Waals surface area contributed by atoms with E-state index in [9.17, 15) is 9.59 Å². The summed E-state index contributed by atoms with van der Waals surface area (Å²) >= 11 is 0. The number of amides is 2. The Hall–Kier alpha value is -3.06. The summed E-state index contributed by atoms with van der Waals surface area (Å²) in [5.41, 5.74) is 2.09. The van der Waals surface area contributed by atoms with Gasteiger partial charge in [0.15, 0.2) is 6.10 Å². The zero-order valence-electron chi connectivity index (χ0n) is 22.4. The molecule has 2 amide bonds. The van der Waals surface area contributed by atoms with E-state index in [0.717, 1.165) is 35.3 Å². The van der Waals surface area contributed by atoms with E-state index >= 15 is 0 Å². The van der Waals surface area contributed by atoms with Gasteiger partial charge in [-0.3, -0.25) is 4.79 Å². The number of hydrogen-bond donors (Lipinski definition) is 1. The summed E-state index contributed by atoms with van der Waals surface area (Å²) < 4.78 is 17.3. The molecule has 1 atom stereocenters. The Morgan fingerprint density at radius 2 is 1.75 bits per heavy atom. The largest absolute Gasteiger partial charge is 0.497 e. The number of likely N-dealkylation sites (tertiary alicyclic amines) is 1. The second-order valence-corrected chi connectivity index (χ2v) is 10.5. The quantitative estimate of drug-likeness (QED) is 0.469. The van der Waals surface area contributed by atoms with Crippen LogP contribution in [0, 0.1) is 6.92 Å². The normalized spacial score (nSPS) is 15.6. The van der Waals surface area contributed by atoms with Gasteiger partial charge in [0, 0.05) is 18.6 Å². The third kappa shape index (κ3) is 7.00. The monoisotopic (exact) mass is 496 g/mol. The number of unbranched alkanes of at least 4 members (excludes halogenated alkanes) is 1. The molecule has 7 heteroatoms. The zero-order chi connectivity index (χ0) is 26.3. The van der Waals surface area contributed by atoms with Gasteiger partial charge in [-0.05, 0) is 62.9 Å². The van der Waals surface area contributed by atoms with E-state index < -0.39 is 23.3 Å². The molecule has 1 saturated heterocycles. The van der Waals surface area contributed by atoms with Crippen LogP contribution in [0.15, 0.2) is 48.5 Å². The van der Waals surface area contributed by atoms with Crippen LogP contribution in [-0.2, 0) is 26.3 Å². The van der Waals surface area contributed by atoms with Crippen LogP contribution in [0.25, 0.3) is 0 Å². The van der Waals surface area contributed by atoms with Gasteiger partial charge in [0.2, 0.25) is 0 Å². The summed E-state index contributed by atoms with van der Waals surface area (Å²) in [6, 6.07) is 15.6. The lowest BCUT2D eigenvalue weighted by atomic mass is 9.82. The molecule has 2 aromatic rings. The lowest BCUT2D eigenvalue weighted by Gasteiger charge is -2.51. The second-order valence-electron chi connectivity index (χ2n) is 10.5. The fraction of sp³-hybridized carbons (Fsp3) is 0.517. The summed E-state index contributed by atoms with van der Waals surface area (Å²) in [5, 5.41) is 2.79. The SMILES string of the molecule is CCCCOC1(c2ccccc2C)CN(C(=O)C(Cc2ccc(OC)cc2)OC(=O)NC(C)(C)C)C1. The van der Waals surface area contributed by atoms with Crippen LogP contribution >= 0.6 is 0 Å². The molecule has 2 aromatic carbocycles. The summed E-state index contributed by atoms with van der Waals surface area (Å²) in [4.78, 5) is 28.0. The first kappa shape index (κ1) is 27.5. The first-order chi connectivity index (χ1) is 17.1. The van der Waals surface area contributed by atoms with Crippen molar-refractivity contribution in [3.05, 3.63) is 65.2 Å². The molecule has 0 radical (unpaired) electrons. The highest BCUT2D eigenvalue weighted by atomic mass is 16.6. The number of carbonyl (C=O) groups is 2. The first-order valence-electron chi connectivity index (χ1n) is 12.7. The van der Waals surface area contributed by atoms with E-state index in [1.165, 1.54) is 0 Å². The van der Waals surface area contributed by atoms with Crippen molar-refractivity contribution in [2.75, 3.05) is 26.8 Å². The van der Waals surface area contributed by atoms with Gasteiger partial charge in [0.25, 0.3) is 5.91 Å². The number of ether oxygens (including phenoxy) is 3. The lowest BCUT2D eigenvalue weighted by molar-refractivity contribution is -0.180. The molecule has 1 unspecified atom stereocenters. The minimum absolute atomic E-state index is 0.224. The molecule has 1 aliphatic heterocycles. The molecular weight excluding hydrogens is 456 g/mol. The van der Waals surface area contributed by atoms with Crippen LogP contribution in [-0.4, -0.2) is 55.3 Å². The number of hydrogen-bond acceptors (Lipinski definition) is 5. The van der Waals surface area contributed by atoms with Crippen molar-refractivity contribution in [3.8, 4) is 5.75 Å². The van der Waals surface area contributed by atoms with Crippen LogP contribution in [0.4, 0.5) is 4.79 Å². The number of methoxy groups -OCH3 is 1. The number of benzene rings is 2. The Labute approximate surface area is 215 Å². The molecule has 1 fully saturated rings. The maximum absolute atomic E-state index is 13.6. The van der Waals surface area contributed by atoms with E-state index in [0.29, 0.717) is 19.7 Å². The van der Waals surface area contributed by atoms with Gasteiger partial charge >= 0.3 is 6.09 Å². The maximum atomic E-state index is 13.6. The molecule has 0 bridgehead atoms. The van der Waals surface area contributed by atoms with E-state index in [1.54, 1.807) is 12.0 Å². The number of nitrogens with zero attached hydrogens (tertiary/aromatic N) is 1. The molecule has 0 spiro atoms. The van der Waals surface area contributed by atoms with Crippen molar-refractivity contribution in [1.82, 2.24) is 10.2 Å². The highest BCUT2D eigenvalue weighted by molar-refractivity contribution is 5.85. The molecule has 36 heavy (non-hydrogen) atoms. The Morgan fingerprint density at radius 1 is 1.08 bits per heavy atom. The Bertz CT molecular complexity index is 1020. The number of alkyl carbamates (subject to hydrolysis) is 1. The van der Waals surface area contributed by atoms with E-state index in [2.05, 4.69) is 31.3 Å². The number of carbonyl (C=O) groups excluding carboxylic acids is 2. The molecule has 1 aliphatic rings. The topological polar surface area (TPSA) is 77.1 Å². The van der Waals surface area contributed by atoms with Gasteiger partial charge in [0.05, 0.1) is 20.2 Å². The molecule has 7 nitrogen and oxygen atoms in total. The van der Waals surface area contributed by atoms with Crippen LogP contribution in [0.1, 0.15) is 57.2 Å². The fourth-order valence-electron chi connectivity index (χ4n) is 4.39. The summed E-state index contributed by atoms with van der Waals surface area (Å²) in [6.45, 7) is 11.3. The van der Waals surface area contributed by atoms with Gasteiger partial charge in [-0.1, -0.05) is 49.7 Å². The number of nitrogens with one attached hydrogen (secondary N) is 1. The van der Waals surface area contributed by atoms with Crippen molar-refractivity contribution in [2.24, 2.45) is 0 Å². The van der Waals surface area contributed by atoms with Gasteiger partial charge in [0.1, 0.15) is 11.4 Å². The van der Waals surface area contributed by atoms with E-state index in [4.69, 9.17) is 14.2 Å². The molecule has 0 aliphatic carbocycles. The molecule has 0 aromatic heterocycles. The van der Waals surface area contributed by atoms with Crippen LogP contribution in [0.2, 0.25) is 0 Å². The second kappa shape index (κ2) is 11.8. The Kier molecular flexibility index (Phi) is 9.01. The summed E-state index contributed by atoms with van der Waals surface area (Å²) in [5.74, 6) is 0.501. The standard InChI is InChI=1S/C29H40N2O5/c1-7-8-17-35-29(24-12-10-9-11-21(24)2)19-31(20-29)26(32)25(36-27(33)30-28(3,4)5)18-22-13-15-23(34-6)16-14-22/h9-16,25H,7-8,17-20H2,1-6H3,(H,30,33). The average molecular weight is 497 g/mol. The molecule has 1 N–H and O–H groups in total. The molecule has 0 saturated carbocycles. The summed E-state index contributed by atoms with van der Waals surface area (Å²) in [6.07, 6.45) is 0.695. The van der Waals surface area contributed by atoms with Gasteiger partial charge in [-0.2, -0.15) is 0 Å². The van der Waals surface area contributed by atoms with E-state index in [1.807, 2.05) is 57.2 Å². The Morgan fingerprint density at radius 3 is 2.33 bits per heavy atom. The molecule has 3 rings (SSSR count). The van der Waals surface area contributed by atoms with Crippen molar-refractivity contribution >= 4 is 12.0 Å². The lowest BCUT2D eigenvalue weighted by Crippen LogP contribution is -2.65. The maximum Gasteiger partial charge on any atom is 0.408 e. The van der Waals surface area contributed by atoms with Gasteiger partial charge < -0.3 is 24.4 Å². The summed E-state index contributed by atoms with van der Waals surface area (Å²) in [7, 11) is 1.61. The van der Waals surface area contributed by atoms with Crippen molar-refractivity contribution in [3.63, 3.8) is 0 Å². The first-order valence-corrected chi connectivity index (χ1v) is 12.7. The van der Waals surface area contributed by atoms with Crippen LogP contribution in [0.3, 0.4) is 0 Å². The predicted molar refractivity (Wildman–Crippen MR) is 140 cm³/mol. The van der Waals surface area contributed by atoms with E-state index in [-0.39, 0.29) is 12.3 Å². The van der Waals surface area contributed by atoms with Crippen LogP contribution in [0.5, 0.6) is 5.75 Å². The minimum Gasteiger partial charge on any atom is -0.497 e. The average Bonchev–Trinajstić information content (AvgIpc) is 2.80. The van der Waals surface area contributed by atoms with Gasteiger partial charge in [-0.25, -0.2) is 4.79 Å². The fourth-order valence-corrected chi connectivity index (χ4v) is 4.39. The van der Waals surface area contributed by atoms with Gasteiger partial charge in [-0.15, -0.1) is 0 Å².